The molecule has 1 aliphatic carbocycles. The lowest BCUT2D eigenvalue weighted by Gasteiger charge is -2.38. The van der Waals surface area contributed by atoms with E-state index in [0.717, 1.165) is 63.0 Å². The van der Waals surface area contributed by atoms with E-state index in [1.54, 1.807) is 0 Å². The smallest absolute Gasteiger partial charge is 0.214 e. The predicted molar refractivity (Wildman–Crippen MR) is 95.2 cm³/mol. The monoisotopic (exact) mass is 330 g/mol. The number of nitrogens with zero attached hydrogens (tertiary/aromatic N) is 3. The van der Waals surface area contributed by atoms with Crippen LogP contribution in [0.25, 0.3) is 0 Å². The first-order valence-corrected chi connectivity index (χ1v) is 8.81. The van der Waals surface area contributed by atoms with Gasteiger partial charge in [0.1, 0.15) is 0 Å². The van der Waals surface area contributed by atoms with Crippen molar-refractivity contribution < 1.29 is 4.74 Å². The van der Waals surface area contributed by atoms with E-state index >= 15 is 0 Å². The molecule has 130 valence electrons. The number of fused-ring (bicyclic) bond motifs is 2. The lowest BCUT2D eigenvalue weighted by Crippen LogP contribution is -2.46. The molecular weight excluding hydrogens is 306 g/mol. The van der Waals surface area contributed by atoms with Crippen molar-refractivity contribution in [3.05, 3.63) is 28.5 Å². The normalized spacial score (nSPS) is 22.0. The van der Waals surface area contributed by atoms with Gasteiger partial charge >= 0.3 is 0 Å². The van der Waals surface area contributed by atoms with E-state index in [2.05, 4.69) is 26.7 Å². The first-order chi connectivity index (χ1) is 11.8. The Hall–Kier alpha value is -1.83. The van der Waals surface area contributed by atoms with E-state index in [-0.39, 0.29) is 0 Å². The Balaban J connectivity index is 1.35. The van der Waals surface area contributed by atoms with Crippen molar-refractivity contribution >= 4 is 17.3 Å². The number of hydrazine groups is 1. The Kier molecular flexibility index (Phi) is 4.55. The second-order valence-corrected chi connectivity index (χ2v) is 6.56. The molecule has 0 unspecified atom stereocenters. The van der Waals surface area contributed by atoms with Gasteiger partial charge in [0.2, 0.25) is 5.96 Å². The highest BCUT2D eigenvalue weighted by Gasteiger charge is 2.20. The molecule has 1 saturated heterocycles. The summed E-state index contributed by atoms with van der Waals surface area (Å²) >= 11 is 0. The molecule has 0 aromatic heterocycles. The van der Waals surface area contributed by atoms with Gasteiger partial charge in [0.15, 0.2) is 0 Å². The largest absolute Gasteiger partial charge is 0.739 e. The quantitative estimate of drug-likeness (QED) is 0.815. The summed E-state index contributed by atoms with van der Waals surface area (Å²) in [6, 6.07) is 4.10. The molecule has 2 aliphatic heterocycles. The fraction of sp³-hybridized carbons (Fsp3) is 0.588. The average molecular weight is 330 g/mol. The van der Waals surface area contributed by atoms with Gasteiger partial charge in [0, 0.05) is 26.2 Å². The van der Waals surface area contributed by atoms with E-state index in [1.165, 1.54) is 17.5 Å². The fourth-order valence-electron chi connectivity index (χ4n) is 3.58. The van der Waals surface area contributed by atoms with Crippen LogP contribution in [0.5, 0.6) is 0 Å². The summed E-state index contributed by atoms with van der Waals surface area (Å²) in [5.41, 5.74) is 6.94. The van der Waals surface area contributed by atoms with E-state index in [0.29, 0.717) is 18.2 Å². The minimum atomic E-state index is 0.539. The number of hydrogen-bond acceptors (Lipinski definition) is 5. The third kappa shape index (κ3) is 3.33. The number of rotatable bonds is 4. The van der Waals surface area contributed by atoms with Crippen LogP contribution in [-0.2, 0) is 17.6 Å². The molecule has 1 fully saturated rings. The molecule has 2 heterocycles. The molecule has 0 radical (unpaired) electrons. The maximum Gasteiger partial charge on any atom is 0.214 e. The van der Waals surface area contributed by atoms with Crippen LogP contribution in [0.2, 0.25) is 0 Å². The van der Waals surface area contributed by atoms with Crippen LogP contribution < -0.4 is 15.9 Å². The maximum absolute atomic E-state index is 12.2. The van der Waals surface area contributed by atoms with E-state index < -0.39 is 0 Å². The number of guanidine groups is 1. The molecule has 2 N–H and O–H groups in total. The molecule has 1 aromatic carbocycles. The van der Waals surface area contributed by atoms with Crippen LogP contribution in [0.15, 0.2) is 17.1 Å². The number of hydrogen-bond donors (Lipinski definition) is 2. The number of benzene rings is 1. The number of ether oxygens (including phenoxy) is 1. The van der Waals surface area contributed by atoms with Crippen molar-refractivity contribution in [1.29, 1.82) is 0 Å². The predicted octanol–water partition coefficient (Wildman–Crippen LogP) is 1.49. The summed E-state index contributed by atoms with van der Waals surface area (Å²) in [6.45, 7) is 5.36. The molecule has 0 atom stereocenters. The van der Waals surface area contributed by atoms with Gasteiger partial charge in [-0.1, -0.05) is 0 Å². The number of anilines is 2. The first-order valence-electron chi connectivity index (χ1n) is 8.81. The summed E-state index contributed by atoms with van der Waals surface area (Å²) in [4.78, 5) is 6.90. The van der Waals surface area contributed by atoms with Gasteiger partial charge < -0.3 is 20.4 Å². The number of nitrogens with one attached hydrogen (secondary N) is 2. The van der Waals surface area contributed by atoms with Crippen LogP contribution in [0.1, 0.15) is 24.0 Å². The molecule has 0 saturated carbocycles. The van der Waals surface area contributed by atoms with Gasteiger partial charge in [-0.3, -0.25) is 15.3 Å². The summed E-state index contributed by atoms with van der Waals surface area (Å²) in [7, 11) is 0. The zero-order valence-electron chi connectivity index (χ0n) is 13.9. The maximum atomic E-state index is 12.2. The van der Waals surface area contributed by atoms with Crippen molar-refractivity contribution in [3.63, 3.8) is 0 Å². The molecule has 1 aromatic rings. The Morgan fingerprint density at radius 3 is 2.79 bits per heavy atom. The number of morpholine rings is 1. The minimum Gasteiger partial charge on any atom is -0.739 e. The first kappa shape index (κ1) is 15.7. The van der Waals surface area contributed by atoms with Crippen molar-refractivity contribution in [2.45, 2.75) is 25.7 Å². The molecular formula is C17H24N5O2-. The van der Waals surface area contributed by atoms with E-state index in [1.807, 2.05) is 6.07 Å². The Labute approximate surface area is 142 Å². The second-order valence-electron chi connectivity index (χ2n) is 6.56. The van der Waals surface area contributed by atoms with Crippen LogP contribution in [0, 0.1) is 5.21 Å². The number of aliphatic imine (C=N–C) groups is 1. The minimum absolute atomic E-state index is 0.539. The molecule has 24 heavy (non-hydrogen) atoms. The lowest BCUT2D eigenvalue weighted by atomic mass is 10.1. The third-order valence-corrected chi connectivity index (χ3v) is 4.90. The van der Waals surface area contributed by atoms with E-state index in [9.17, 15) is 5.21 Å². The topological polar surface area (TPSA) is 75.2 Å². The van der Waals surface area contributed by atoms with Gasteiger partial charge in [0.25, 0.3) is 0 Å². The Bertz CT molecular complexity index is 628. The summed E-state index contributed by atoms with van der Waals surface area (Å²) < 4.78 is 5.35. The standard InChI is InChI=1S/C17H24N5O2/c23-22-16-12-14-4-1-3-13(14)11-15(16)19-17(20-22)18-5-2-6-21-7-9-24-10-8-21/h11-12H,1-10H2,(H2,18,19,20)/q-1. The Morgan fingerprint density at radius 2 is 1.96 bits per heavy atom. The van der Waals surface area contributed by atoms with Crippen molar-refractivity contribution in [2.24, 2.45) is 4.99 Å². The highest BCUT2D eigenvalue weighted by atomic mass is 16.5. The van der Waals surface area contributed by atoms with Crippen molar-refractivity contribution in [1.82, 2.24) is 10.3 Å². The van der Waals surface area contributed by atoms with Crippen LogP contribution in [0.3, 0.4) is 0 Å². The average Bonchev–Trinajstić information content (AvgIpc) is 3.05. The molecule has 3 aliphatic rings. The van der Waals surface area contributed by atoms with E-state index in [4.69, 9.17) is 4.74 Å². The molecule has 0 spiro atoms. The third-order valence-electron chi connectivity index (χ3n) is 4.90. The summed E-state index contributed by atoms with van der Waals surface area (Å²) in [5.74, 6) is 0.539. The highest BCUT2D eigenvalue weighted by Crippen LogP contribution is 2.34. The SMILES string of the molecule is [O-]N1NC(=NCCCN2CCOCC2)Nc2cc3c(cc21)CCC3. The second kappa shape index (κ2) is 6.96. The highest BCUT2D eigenvalue weighted by molar-refractivity contribution is 6.01. The molecule has 7 heteroatoms. The lowest BCUT2D eigenvalue weighted by molar-refractivity contribution is 0.0377. The summed E-state index contributed by atoms with van der Waals surface area (Å²) in [6.07, 6.45) is 4.32. The zero-order chi connectivity index (χ0) is 16.4. The zero-order valence-corrected chi connectivity index (χ0v) is 13.9. The molecule has 7 nitrogen and oxygen atoms in total. The van der Waals surface area contributed by atoms with Gasteiger partial charge in [-0.15, -0.1) is 0 Å². The fourth-order valence-corrected chi connectivity index (χ4v) is 3.58. The van der Waals surface area contributed by atoms with Crippen molar-refractivity contribution in [3.8, 4) is 0 Å². The van der Waals surface area contributed by atoms with Gasteiger partial charge in [-0.05, 0) is 48.9 Å². The van der Waals surface area contributed by atoms with Crippen LogP contribution in [-0.4, -0.2) is 50.3 Å². The Morgan fingerprint density at radius 1 is 1.17 bits per heavy atom. The van der Waals surface area contributed by atoms with Gasteiger partial charge in [-0.2, -0.15) is 0 Å². The molecule has 4 rings (SSSR count). The summed E-state index contributed by atoms with van der Waals surface area (Å²) in [5, 5.41) is 16.3. The van der Waals surface area contributed by atoms with Crippen molar-refractivity contribution in [2.75, 3.05) is 49.9 Å². The van der Waals surface area contributed by atoms with Gasteiger partial charge in [-0.25, -0.2) is 0 Å². The molecule has 0 amide bonds. The van der Waals surface area contributed by atoms with Gasteiger partial charge in [0.05, 0.1) is 24.6 Å². The molecule has 0 bridgehead atoms. The number of aryl methyl sites for hydroxylation is 2. The van der Waals surface area contributed by atoms with Crippen LogP contribution >= 0.6 is 0 Å². The van der Waals surface area contributed by atoms with Crippen LogP contribution in [0.4, 0.5) is 11.4 Å².